The third-order valence-electron chi connectivity index (χ3n) is 4.07. The topological polar surface area (TPSA) is 59.4 Å². The molecule has 3 rings (SSSR count). The van der Waals surface area contributed by atoms with E-state index in [9.17, 15) is 0 Å². The van der Waals surface area contributed by atoms with Gasteiger partial charge in [-0.2, -0.15) is 0 Å². The van der Waals surface area contributed by atoms with E-state index in [1.54, 1.807) is 12.4 Å². The van der Waals surface area contributed by atoms with Gasteiger partial charge >= 0.3 is 0 Å². The van der Waals surface area contributed by atoms with E-state index in [2.05, 4.69) is 46.1 Å². The van der Waals surface area contributed by atoms with Crippen LogP contribution in [-0.2, 0) is 4.84 Å². The van der Waals surface area contributed by atoms with Crippen LogP contribution in [0.4, 0.5) is 5.82 Å². The summed E-state index contributed by atoms with van der Waals surface area (Å²) in [6, 6.07) is 6.15. The zero-order valence-corrected chi connectivity index (χ0v) is 13.8. The lowest BCUT2D eigenvalue weighted by atomic mass is 9.90. The van der Waals surface area contributed by atoms with Crippen molar-refractivity contribution in [2.75, 3.05) is 12.4 Å². The maximum Gasteiger partial charge on any atom is 0.158 e. The van der Waals surface area contributed by atoms with Crippen molar-refractivity contribution in [2.45, 2.75) is 26.4 Å². The van der Waals surface area contributed by atoms with Crippen LogP contribution in [0.2, 0.25) is 0 Å². The largest absolute Gasteiger partial charge is 0.384 e. The Bertz CT molecular complexity index is 791. The summed E-state index contributed by atoms with van der Waals surface area (Å²) >= 11 is 0. The molecule has 0 aliphatic carbocycles. The fourth-order valence-corrected chi connectivity index (χ4v) is 2.42. The summed E-state index contributed by atoms with van der Waals surface area (Å²) < 4.78 is 0. The molecule has 1 N–H and O–H groups in total. The number of oxime groups is 1. The Labute approximate surface area is 136 Å². The summed E-state index contributed by atoms with van der Waals surface area (Å²) in [6.45, 7) is 10.1. The molecule has 0 radical (unpaired) electrons. The quantitative estimate of drug-likeness (QED) is 0.942. The maximum absolute atomic E-state index is 5.48. The van der Waals surface area contributed by atoms with Gasteiger partial charge in [0.15, 0.2) is 5.60 Å². The lowest BCUT2D eigenvalue weighted by molar-refractivity contribution is 0.0352. The molecule has 0 fully saturated rings. The summed E-state index contributed by atoms with van der Waals surface area (Å²) in [4.78, 5) is 14.3. The normalized spacial score (nSPS) is 16.0. The van der Waals surface area contributed by atoms with E-state index in [0.29, 0.717) is 0 Å². The Morgan fingerprint density at radius 1 is 1.17 bits per heavy atom. The number of benzene rings is 1. The Morgan fingerprint density at radius 2 is 1.96 bits per heavy atom. The van der Waals surface area contributed by atoms with Crippen molar-refractivity contribution in [3.63, 3.8) is 0 Å². The first kappa shape index (κ1) is 15.2. The lowest BCUT2D eigenvalue weighted by Gasteiger charge is -2.16. The summed E-state index contributed by atoms with van der Waals surface area (Å²) in [5.74, 6) is 0.742. The number of anilines is 1. The van der Waals surface area contributed by atoms with Gasteiger partial charge in [-0.15, -0.1) is 0 Å². The van der Waals surface area contributed by atoms with Crippen molar-refractivity contribution in [1.29, 1.82) is 0 Å². The van der Waals surface area contributed by atoms with Crippen LogP contribution >= 0.6 is 0 Å². The summed E-state index contributed by atoms with van der Waals surface area (Å²) in [7, 11) is 1.82. The van der Waals surface area contributed by atoms with Crippen molar-refractivity contribution in [1.82, 2.24) is 9.97 Å². The molecule has 5 heteroatoms. The van der Waals surface area contributed by atoms with E-state index in [4.69, 9.17) is 4.84 Å². The molecule has 1 aromatic heterocycles. The zero-order valence-electron chi connectivity index (χ0n) is 13.8. The average molecular weight is 308 g/mol. The van der Waals surface area contributed by atoms with Gasteiger partial charge in [0.1, 0.15) is 11.5 Å². The zero-order chi connectivity index (χ0) is 16.6. The Hall–Kier alpha value is -2.69. The Balaban J connectivity index is 2.01. The van der Waals surface area contributed by atoms with E-state index in [-0.39, 0.29) is 0 Å². The molecule has 1 aliphatic heterocycles. The Morgan fingerprint density at radius 3 is 2.52 bits per heavy atom. The van der Waals surface area contributed by atoms with E-state index in [1.807, 2.05) is 27.0 Å². The maximum atomic E-state index is 5.48. The third-order valence-corrected chi connectivity index (χ3v) is 4.07. The second-order valence-electron chi connectivity index (χ2n) is 6.09. The van der Waals surface area contributed by atoms with Crippen LogP contribution in [-0.4, -0.2) is 28.3 Å². The summed E-state index contributed by atoms with van der Waals surface area (Å²) in [6.07, 6.45) is 3.49. The molecule has 2 aromatic rings. The predicted octanol–water partition coefficient (Wildman–Crippen LogP) is 3.56. The van der Waals surface area contributed by atoms with E-state index in [1.165, 1.54) is 0 Å². The Kier molecular flexibility index (Phi) is 3.64. The van der Waals surface area contributed by atoms with Gasteiger partial charge < -0.3 is 10.2 Å². The number of nitrogens with one attached hydrogen (secondary N) is 1. The summed E-state index contributed by atoms with van der Waals surface area (Å²) in [5.41, 5.74) is 5.16. The van der Waals surface area contributed by atoms with Crippen LogP contribution in [0.1, 0.15) is 25.0 Å². The van der Waals surface area contributed by atoms with Crippen LogP contribution in [0.25, 0.3) is 11.3 Å². The fraction of sp³-hybridized carbons (Fsp3) is 0.278. The minimum atomic E-state index is -0.464. The van der Waals surface area contributed by atoms with Gasteiger partial charge in [0.2, 0.25) is 0 Å². The molecule has 0 saturated carbocycles. The van der Waals surface area contributed by atoms with Crippen LogP contribution in [0, 0.1) is 6.92 Å². The van der Waals surface area contributed by atoms with Crippen molar-refractivity contribution >= 4 is 11.5 Å². The van der Waals surface area contributed by atoms with Gasteiger partial charge in [-0.25, -0.2) is 4.98 Å². The van der Waals surface area contributed by atoms with E-state index >= 15 is 0 Å². The van der Waals surface area contributed by atoms with Gasteiger partial charge in [0.25, 0.3) is 0 Å². The standard InChI is InChI=1S/C18H20N4O/c1-11-6-7-13(17-12(2)18(3,4)23-22-17)8-14(11)15-9-21-16(19-5)10-20-15/h6-10H,2H2,1,3-5H3,(H,19,21). The van der Waals surface area contributed by atoms with Gasteiger partial charge in [-0.05, 0) is 32.4 Å². The van der Waals surface area contributed by atoms with Gasteiger partial charge in [-0.3, -0.25) is 4.98 Å². The molecule has 0 amide bonds. The predicted molar refractivity (Wildman–Crippen MR) is 92.6 cm³/mol. The molecule has 0 unspecified atom stereocenters. The van der Waals surface area contributed by atoms with Crippen LogP contribution in [0.15, 0.2) is 47.9 Å². The molecule has 2 heterocycles. The summed E-state index contributed by atoms with van der Waals surface area (Å²) in [5, 5.41) is 7.17. The highest BCUT2D eigenvalue weighted by molar-refractivity contribution is 6.14. The minimum Gasteiger partial charge on any atom is -0.384 e. The minimum absolute atomic E-state index is 0.464. The van der Waals surface area contributed by atoms with Crippen molar-refractivity contribution in [3.05, 3.63) is 53.9 Å². The number of aryl methyl sites for hydroxylation is 1. The molecule has 23 heavy (non-hydrogen) atoms. The molecule has 118 valence electrons. The molecular formula is C18H20N4O. The lowest BCUT2D eigenvalue weighted by Crippen LogP contribution is -2.22. The van der Waals surface area contributed by atoms with Gasteiger partial charge in [0.05, 0.1) is 18.1 Å². The first-order valence-corrected chi connectivity index (χ1v) is 7.49. The van der Waals surface area contributed by atoms with E-state index < -0.39 is 5.60 Å². The molecule has 0 bridgehead atoms. The molecule has 0 spiro atoms. The molecule has 0 atom stereocenters. The van der Waals surface area contributed by atoms with Gasteiger partial charge in [-0.1, -0.05) is 23.9 Å². The molecule has 1 aromatic carbocycles. The monoisotopic (exact) mass is 308 g/mol. The smallest absolute Gasteiger partial charge is 0.158 e. The first-order valence-electron chi connectivity index (χ1n) is 7.49. The number of rotatable bonds is 3. The molecule has 1 aliphatic rings. The highest BCUT2D eigenvalue weighted by Crippen LogP contribution is 2.32. The van der Waals surface area contributed by atoms with Crippen LogP contribution < -0.4 is 5.32 Å². The highest BCUT2D eigenvalue weighted by Gasteiger charge is 2.34. The molecule has 5 nitrogen and oxygen atoms in total. The van der Waals surface area contributed by atoms with Crippen molar-refractivity contribution < 1.29 is 4.84 Å². The first-order chi connectivity index (χ1) is 10.9. The van der Waals surface area contributed by atoms with Crippen LogP contribution in [0.5, 0.6) is 0 Å². The molecular weight excluding hydrogens is 288 g/mol. The SMILES string of the molecule is C=C1C(c2ccc(C)c(-c3cnc(NC)cn3)c2)=NOC1(C)C. The van der Waals surface area contributed by atoms with E-state index in [0.717, 1.165) is 39.5 Å². The van der Waals surface area contributed by atoms with Crippen molar-refractivity contribution in [2.24, 2.45) is 5.16 Å². The van der Waals surface area contributed by atoms with Crippen molar-refractivity contribution in [3.8, 4) is 11.3 Å². The second kappa shape index (κ2) is 5.50. The highest BCUT2D eigenvalue weighted by atomic mass is 16.7. The number of hydrogen-bond acceptors (Lipinski definition) is 5. The molecule has 0 saturated heterocycles. The third kappa shape index (κ3) is 2.70. The number of aromatic nitrogens is 2. The average Bonchev–Trinajstić information content (AvgIpc) is 2.82. The second-order valence-corrected chi connectivity index (χ2v) is 6.09. The fourth-order valence-electron chi connectivity index (χ4n) is 2.42. The van der Waals surface area contributed by atoms with Crippen LogP contribution in [0.3, 0.4) is 0 Å². The number of hydrogen-bond donors (Lipinski definition) is 1. The number of nitrogens with zero attached hydrogens (tertiary/aromatic N) is 3. The van der Waals surface area contributed by atoms with Gasteiger partial charge in [0, 0.05) is 23.7 Å².